The number of aromatic nitrogens is 2. The van der Waals surface area contributed by atoms with E-state index in [1.807, 2.05) is 18.2 Å². The highest BCUT2D eigenvalue weighted by Crippen LogP contribution is 2.40. The molecule has 2 N–H and O–H groups in total. The Kier molecular flexibility index (Phi) is 7.08. The number of benzene rings is 1. The zero-order chi connectivity index (χ0) is 22.6. The molecule has 1 saturated carbocycles. The summed E-state index contributed by atoms with van der Waals surface area (Å²) in [4.78, 5) is 11.4. The molecule has 1 aliphatic carbocycles. The van der Waals surface area contributed by atoms with E-state index >= 15 is 0 Å². The minimum atomic E-state index is -0.207. The van der Waals surface area contributed by atoms with Gasteiger partial charge in [0.2, 0.25) is 11.8 Å². The molecule has 2 aromatic rings. The van der Waals surface area contributed by atoms with E-state index in [1.54, 1.807) is 19.2 Å². The summed E-state index contributed by atoms with van der Waals surface area (Å²) < 4.78 is 18.8. The van der Waals surface area contributed by atoms with Gasteiger partial charge >= 0.3 is 0 Å². The van der Waals surface area contributed by atoms with Gasteiger partial charge in [0.1, 0.15) is 11.6 Å². The summed E-state index contributed by atoms with van der Waals surface area (Å²) in [6, 6.07) is 8.75. The summed E-state index contributed by atoms with van der Waals surface area (Å²) in [7, 11) is 1.61. The fourth-order valence-electron chi connectivity index (χ4n) is 4.79. The Balaban J connectivity index is 1.43. The smallest absolute Gasteiger partial charge is 0.234 e. The minimum absolute atomic E-state index is 0.0374. The minimum Gasteiger partial charge on any atom is -0.481 e. The number of ether oxygens (including phenoxy) is 1. The summed E-state index contributed by atoms with van der Waals surface area (Å²) in [5.41, 5.74) is 1.12. The van der Waals surface area contributed by atoms with Gasteiger partial charge in [0.25, 0.3) is 0 Å². The second kappa shape index (κ2) is 9.98. The highest BCUT2D eigenvalue weighted by molar-refractivity contribution is 7.80. The van der Waals surface area contributed by atoms with Crippen molar-refractivity contribution in [2.45, 2.75) is 50.9 Å². The van der Waals surface area contributed by atoms with E-state index in [0.29, 0.717) is 23.5 Å². The van der Waals surface area contributed by atoms with Crippen LogP contribution in [0.25, 0.3) is 0 Å². The highest BCUT2D eigenvalue weighted by Gasteiger charge is 2.35. The molecule has 0 spiro atoms. The average Bonchev–Trinajstić information content (AvgIpc) is 3.28. The normalized spacial score (nSPS) is 18.4. The molecular formula is C24H32FN5OS. The van der Waals surface area contributed by atoms with Gasteiger partial charge in [0, 0.05) is 31.1 Å². The first-order valence-corrected chi connectivity index (χ1v) is 11.9. The first-order valence-electron chi connectivity index (χ1n) is 11.5. The maximum Gasteiger partial charge on any atom is 0.234 e. The fraction of sp³-hybridized carbons (Fsp3) is 0.542. The van der Waals surface area contributed by atoms with E-state index in [-0.39, 0.29) is 11.2 Å². The second-order valence-corrected chi connectivity index (χ2v) is 9.47. The molecule has 0 atom stereocenters. The number of piperidine rings is 1. The molecule has 4 rings (SSSR count). The van der Waals surface area contributed by atoms with Gasteiger partial charge < -0.3 is 20.3 Å². The quantitative estimate of drug-likeness (QED) is 0.612. The van der Waals surface area contributed by atoms with Crippen LogP contribution in [-0.2, 0) is 5.41 Å². The predicted octanol–water partition coefficient (Wildman–Crippen LogP) is 4.66. The van der Waals surface area contributed by atoms with Gasteiger partial charge in [-0.2, -0.15) is 9.97 Å². The van der Waals surface area contributed by atoms with Gasteiger partial charge in [-0.05, 0) is 61.5 Å². The molecule has 2 fully saturated rings. The second-order valence-electron chi connectivity index (χ2n) is 9.06. The highest BCUT2D eigenvalue weighted by atomic mass is 32.1. The molecule has 1 aromatic carbocycles. The number of nitrogens with zero attached hydrogens (tertiary/aromatic N) is 3. The van der Waals surface area contributed by atoms with Gasteiger partial charge in [-0.15, -0.1) is 0 Å². The lowest BCUT2D eigenvalue weighted by Crippen LogP contribution is -2.41. The molecule has 32 heavy (non-hydrogen) atoms. The van der Waals surface area contributed by atoms with E-state index in [0.717, 1.165) is 68.9 Å². The number of hydrogen-bond acceptors (Lipinski definition) is 5. The Hall–Kier alpha value is -2.48. The van der Waals surface area contributed by atoms with Crippen molar-refractivity contribution in [1.82, 2.24) is 15.3 Å². The van der Waals surface area contributed by atoms with Crippen molar-refractivity contribution >= 4 is 29.1 Å². The maximum atomic E-state index is 13.4. The lowest BCUT2D eigenvalue weighted by Gasteiger charge is -2.31. The molecule has 0 unspecified atom stereocenters. The van der Waals surface area contributed by atoms with E-state index in [4.69, 9.17) is 17.0 Å². The van der Waals surface area contributed by atoms with Crippen LogP contribution in [0, 0.1) is 11.7 Å². The number of nitrogens with one attached hydrogen (secondary N) is 2. The molecule has 2 aliphatic rings. The van der Waals surface area contributed by atoms with E-state index in [2.05, 4.69) is 32.4 Å². The molecule has 2 heterocycles. The Morgan fingerprint density at radius 3 is 2.53 bits per heavy atom. The molecule has 8 heteroatoms. The van der Waals surface area contributed by atoms with Crippen LogP contribution in [0.2, 0.25) is 0 Å². The molecule has 1 aliphatic heterocycles. The van der Waals surface area contributed by atoms with Gasteiger partial charge in [0.05, 0.1) is 7.11 Å². The van der Waals surface area contributed by atoms with Crippen molar-refractivity contribution in [3.05, 3.63) is 41.7 Å². The first kappa shape index (κ1) is 22.7. The fourth-order valence-corrected chi connectivity index (χ4v) is 4.95. The van der Waals surface area contributed by atoms with E-state index in [1.165, 1.54) is 0 Å². The standard InChI is InChI=1S/C24H32FN5OS/c1-17-9-13-30(14-10-17)20-15-21(31-2)28-22(27-20)29-23(32)26-16-24(11-3-4-12-24)18-5-7-19(25)8-6-18/h5-8,15,17H,3-4,9-14,16H2,1-2H3,(H2,26,27,28,29,32). The van der Waals surface area contributed by atoms with Crippen LogP contribution in [0.1, 0.15) is 51.0 Å². The van der Waals surface area contributed by atoms with Crippen LogP contribution in [0.5, 0.6) is 5.88 Å². The van der Waals surface area contributed by atoms with Crippen LogP contribution in [0.4, 0.5) is 16.2 Å². The Bertz CT molecular complexity index is 924. The first-order chi connectivity index (χ1) is 15.5. The number of halogens is 1. The SMILES string of the molecule is COc1cc(N2CCC(C)CC2)nc(NC(=S)NCC2(c3ccc(F)cc3)CCCC2)n1. The maximum absolute atomic E-state index is 13.4. The monoisotopic (exact) mass is 457 g/mol. The van der Waals surface area contributed by atoms with E-state index in [9.17, 15) is 4.39 Å². The Morgan fingerprint density at radius 1 is 1.19 bits per heavy atom. The van der Waals surface area contributed by atoms with Crippen molar-refractivity contribution in [3.8, 4) is 5.88 Å². The topological polar surface area (TPSA) is 62.3 Å². The molecule has 1 saturated heterocycles. The summed E-state index contributed by atoms with van der Waals surface area (Å²) >= 11 is 5.57. The van der Waals surface area contributed by atoms with Gasteiger partial charge in [-0.25, -0.2) is 4.39 Å². The van der Waals surface area contributed by atoms with Crippen LogP contribution < -0.4 is 20.3 Å². The van der Waals surface area contributed by atoms with Crippen molar-refractivity contribution in [1.29, 1.82) is 0 Å². The predicted molar refractivity (Wildman–Crippen MR) is 130 cm³/mol. The average molecular weight is 458 g/mol. The lowest BCUT2D eigenvalue weighted by atomic mass is 9.79. The number of rotatable bonds is 6. The molecule has 0 bridgehead atoms. The van der Waals surface area contributed by atoms with E-state index < -0.39 is 0 Å². The third-order valence-electron chi connectivity index (χ3n) is 6.84. The van der Waals surface area contributed by atoms with Crippen molar-refractivity contribution in [2.24, 2.45) is 5.92 Å². The molecule has 0 radical (unpaired) electrons. The molecule has 1 aromatic heterocycles. The summed E-state index contributed by atoms with van der Waals surface area (Å²) in [6.07, 6.45) is 6.75. The van der Waals surface area contributed by atoms with Crippen molar-refractivity contribution in [2.75, 3.05) is 37.0 Å². The summed E-state index contributed by atoms with van der Waals surface area (Å²) in [5.74, 6) is 2.33. The molecule has 6 nitrogen and oxygen atoms in total. The molecular weight excluding hydrogens is 425 g/mol. The van der Waals surface area contributed by atoms with Crippen LogP contribution in [0.3, 0.4) is 0 Å². The number of methoxy groups -OCH3 is 1. The number of thiocarbonyl (C=S) groups is 1. The third kappa shape index (κ3) is 5.28. The zero-order valence-electron chi connectivity index (χ0n) is 18.9. The van der Waals surface area contributed by atoms with Crippen molar-refractivity contribution < 1.29 is 9.13 Å². The van der Waals surface area contributed by atoms with Crippen molar-refractivity contribution in [3.63, 3.8) is 0 Å². The largest absolute Gasteiger partial charge is 0.481 e. The lowest BCUT2D eigenvalue weighted by molar-refractivity contribution is 0.396. The zero-order valence-corrected chi connectivity index (χ0v) is 19.7. The molecule has 172 valence electrons. The Labute approximate surface area is 195 Å². The number of anilines is 2. The molecule has 0 amide bonds. The summed E-state index contributed by atoms with van der Waals surface area (Å²) in [6.45, 7) is 4.93. The van der Waals surface area contributed by atoms with Crippen LogP contribution >= 0.6 is 12.2 Å². The number of hydrogen-bond donors (Lipinski definition) is 2. The van der Waals surface area contributed by atoms with Crippen LogP contribution in [0.15, 0.2) is 30.3 Å². The summed E-state index contributed by atoms with van der Waals surface area (Å²) in [5, 5.41) is 6.98. The van der Waals surface area contributed by atoms with Gasteiger partial charge in [-0.1, -0.05) is 31.9 Å². The Morgan fingerprint density at radius 2 is 1.88 bits per heavy atom. The van der Waals surface area contributed by atoms with Crippen LogP contribution in [-0.4, -0.2) is 41.8 Å². The van der Waals surface area contributed by atoms with Gasteiger partial charge in [0.15, 0.2) is 5.11 Å². The van der Waals surface area contributed by atoms with Gasteiger partial charge in [-0.3, -0.25) is 0 Å². The third-order valence-corrected chi connectivity index (χ3v) is 7.08.